The van der Waals surface area contributed by atoms with Crippen molar-refractivity contribution >= 4 is 23.3 Å². The number of carbonyl (C=O) groups excluding carboxylic acids is 3. The van der Waals surface area contributed by atoms with Crippen LogP contribution in [0.25, 0.3) is 0 Å². The normalized spacial score (nSPS) is 19.1. The van der Waals surface area contributed by atoms with Crippen molar-refractivity contribution < 1.29 is 23.2 Å². The zero-order valence-corrected chi connectivity index (χ0v) is 16.6. The lowest BCUT2D eigenvalue weighted by molar-refractivity contribution is -0.142. The van der Waals surface area contributed by atoms with Gasteiger partial charge in [-0.05, 0) is 18.9 Å². The lowest BCUT2D eigenvalue weighted by Gasteiger charge is -2.17. The SMILES string of the molecule is Cc1ncncc1N1C[C@H](C(=O)C(=O)NCC(C)(F)F)[C@@H](Cc2ccccc2)C1=O. The topological polar surface area (TPSA) is 92.3 Å². The number of ketones is 1. The number of amides is 2. The van der Waals surface area contributed by atoms with Gasteiger partial charge in [-0.25, -0.2) is 18.7 Å². The van der Waals surface area contributed by atoms with Crippen molar-refractivity contribution in [3.05, 3.63) is 54.1 Å². The molecule has 1 aromatic heterocycles. The Balaban J connectivity index is 1.87. The molecule has 0 bridgehead atoms. The van der Waals surface area contributed by atoms with Crippen molar-refractivity contribution in [2.75, 3.05) is 18.0 Å². The quantitative estimate of drug-likeness (QED) is 0.697. The van der Waals surface area contributed by atoms with Crippen molar-refractivity contribution in [1.29, 1.82) is 0 Å². The van der Waals surface area contributed by atoms with E-state index in [-0.39, 0.29) is 18.9 Å². The molecule has 0 radical (unpaired) electrons. The summed E-state index contributed by atoms with van der Waals surface area (Å²) in [6.07, 6.45) is 3.07. The van der Waals surface area contributed by atoms with E-state index in [4.69, 9.17) is 0 Å². The molecule has 0 aliphatic carbocycles. The molecule has 2 atom stereocenters. The van der Waals surface area contributed by atoms with Gasteiger partial charge in [0.1, 0.15) is 6.33 Å². The number of nitrogens with zero attached hydrogens (tertiary/aromatic N) is 3. The van der Waals surface area contributed by atoms with Crippen molar-refractivity contribution in [2.45, 2.75) is 26.2 Å². The van der Waals surface area contributed by atoms with E-state index in [9.17, 15) is 23.2 Å². The minimum absolute atomic E-state index is 0.0423. The van der Waals surface area contributed by atoms with Gasteiger partial charge in [-0.2, -0.15) is 0 Å². The molecule has 7 nitrogen and oxygen atoms in total. The van der Waals surface area contributed by atoms with Crippen molar-refractivity contribution in [3.63, 3.8) is 0 Å². The maximum atomic E-state index is 13.2. The Morgan fingerprint density at radius 3 is 2.60 bits per heavy atom. The van der Waals surface area contributed by atoms with Crippen LogP contribution in [0.3, 0.4) is 0 Å². The fourth-order valence-corrected chi connectivity index (χ4v) is 3.51. The largest absolute Gasteiger partial charge is 0.343 e. The highest BCUT2D eigenvalue weighted by Gasteiger charge is 2.47. The Bertz CT molecular complexity index is 947. The van der Waals surface area contributed by atoms with Crippen LogP contribution in [0.1, 0.15) is 18.2 Å². The number of aryl methyl sites for hydroxylation is 1. The summed E-state index contributed by atoms with van der Waals surface area (Å²) in [6, 6.07) is 9.11. The molecule has 3 rings (SSSR count). The second kappa shape index (κ2) is 8.64. The molecule has 158 valence electrons. The van der Waals surface area contributed by atoms with Crippen molar-refractivity contribution in [2.24, 2.45) is 11.8 Å². The third kappa shape index (κ3) is 4.84. The molecule has 0 unspecified atom stereocenters. The third-order valence-electron chi connectivity index (χ3n) is 5.04. The molecule has 30 heavy (non-hydrogen) atoms. The number of alkyl halides is 2. The first-order valence-corrected chi connectivity index (χ1v) is 9.49. The van der Waals surface area contributed by atoms with Gasteiger partial charge in [-0.15, -0.1) is 0 Å². The van der Waals surface area contributed by atoms with Gasteiger partial charge in [0.2, 0.25) is 11.7 Å². The summed E-state index contributed by atoms with van der Waals surface area (Å²) in [5, 5.41) is 1.97. The Morgan fingerprint density at radius 2 is 1.97 bits per heavy atom. The van der Waals surface area contributed by atoms with Crippen LogP contribution in [0.2, 0.25) is 0 Å². The highest BCUT2D eigenvalue weighted by Crippen LogP contribution is 2.33. The monoisotopic (exact) mass is 416 g/mol. The first-order valence-electron chi connectivity index (χ1n) is 9.49. The Morgan fingerprint density at radius 1 is 1.27 bits per heavy atom. The number of rotatable bonds is 7. The average molecular weight is 416 g/mol. The minimum Gasteiger partial charge on any atom is -0.343 e. The van der Waals surface area contributed by atoms with Crippen molar-refractivity contribution in [3.8, 4) is 0 Å². The molecular formula is C21H22F2N4O3. The van der Waals surface area contributed by atoms with Crippen LogP contribution in [-0.2, 0) is 20.8 Å². The van der Waals surface area contributed by atoms with E-state index in [2.05, 4.69) is 9.97 Å². The molecule has 2 amide bonds. The van der Waals surface area contributed by atoms with Crippen LogP contribution < -0.4 is 10.2 Å². The molecular weight excluding hydrogens is 394 g/mol. The number of aromatic nitrogens is 2. The summed E-state index contributed by atoms with van der Waals surface area (Å²) in [5.74, 6) is -7.24. The number of benzene rings is 1. The first-order chi connectivity index (χ1) is 14.2. The zero-order valence-electron chi connectivity index (χ0n) is 16.6. The number of Topliss-reactive ketones (excluding diaryl/α,β-unsaturated/α-hetero) is 1. The van der Waals surface area contributed by atoms with E-state index < -0.39 is 36.0 Å². The maximum Gasteiger partial charge on any atom is 0.287 e. The summed E-state index contributed by atoms with van der Waals surface area (Å²) in [5.41, 5.74) is 1.84. The predicted molar refractivity (Wildman–Crippen MR) is 105 cm³/mol. The number of carbonyl (C=O) groups is 3. The number of hydrogen-bond donors (Lipinski definition) is 1. The first kappa shape index (κ1) is 21.5. The lowest BCUT2D eigenvalue weighted by Crippen LogP contribution is -2.42. The molecule has 1 fully saturated rings. The van der Waals surface area contributed by atoms with Crippen LogP contribution in [0.5, 0.6) is 0 Å². The van der Waals surface area contributed by atoms with Crippen LogP contribution in [0.15, 0.2) is 42.9 Å². The van der Waals surface area contributed by atoms with Crippen LogP contribution in [0, 0.1) is 18.8 Å². The van der Waals surface area contributed by atoms with E-state index in [0.717, 1.165) is 5.56 Å². The van der Waals surface area contributed by atoms with E-state index in [1.54, 1.807) is 6.92 Å². The molecule has 9 heteroatoms. The van der Waals surface area contributed by atoms with E-state index in [0.29, 0.717) is 18.3 Å². The molecule has 0 saturated carbocycles. The molecule has 1 aromatic carbocycles. The molecule has 1 aliphatic rings. The molecule has 1 aliphatic heterocycles. The lowest BCUT2D eigenvalue weighted by atomic mass is 9.86. The van der Waals surface area contributed by atoms with E-state index in [1.807, 2.05) is 35.6 Å². The highest BCUT2D eigenvalue weighted by molar-refractivity contribution is 6.38. The van der Waals surface area contributed by atoms with Crippen LogP contribution >= 0.6 is 0 Å². The second-order valence-electron chi connectivity index (χ2n) is 7.46. The second-order valence-corrected chi connectivity index (χ2v) is 7.46. The van der Waals surface area contributed by atoms with Gasteiger partial charge in [0, 0.05) is 13.5 Å². The number of halogens is 2. The van der Waals surface area contributed by atoms with E-state index >= 15 is 0 Å². The smallest absolute Gasteiger partial charge is 0.287 e. The van der Waals surface area contributed by atoms with Gasteiger partial charge in [0.05, 0.1) is 36.0 Å². The Hall–Kier alpha value is -3.23. The molecule has 1 saturated heterocycles. The zero-order chi connectivity index (χ0) is 21.9. The average Bonchev–Trinajstić information content (AvgIpc) is 3.02. The van der Waals surface area contributed by atoms with Crippen molar-refractivity contribution in [1.82, 2.24) is 15.3 Å². The van der Waals surface area contributed by atoms with Gasteiger partial charge in [0.25, 0.3) is 11.8 Å². The third-order valence-corrected chi connectivity index (χ3v) is 5.04. The number of hydrogen-bond acceptors (Lipinski definition) is 5. The van der Waals surface area contributed by atoms with Gasteiger partial charge in [0.15, 0.2) is 0 Å². The Labute approximate surface area is 172 Å². The summed E-state index contributed by atoms with van der Waals surface area (Å²) in [7, 11) is 0. The summed E-state index contributed by atoms with van der Waals surface area (Å²) in [4.78, 5) is 47.6. The molecule has 1 N–H and O–H groups in total. The minimum atomic E-state index is -3.14. The number of anilines is 1. The van der Waals surface area contributed by atoms with Gasteiger partial charge in [-0.3, -0.25) is 14.4 Å². The maximum absolute atomic E-state index is 13.2. The summed E-state index contributed by atoms with van der Waals surface area (Å²) >= 11 is 0. The van der Waals surface area contributed by atoms with Gasteiger partial charge in [-0.1, -0.05) is 30.3 Å². The van der Waals surface area contributed by atoms with E-state index in [1.165, 1.54) is 17.4 Å². The molecule has 0 spiro atoms. The molecule has 2 aromatic rings. The summed E-state index contributed by atoms with van der Waals surface area (Å²) < 4.78 is 26.2. The predicted octanol–water partition coefficient (Wildman–Crippen LogP) is 1.95. The van der Waals surface area contributed by atoms with Gasteiger partial charge >= 0.3 is 0 Å². The van der Waals surface area contributed by atoms with Crippen LogP contribution in [-0.4, -0.2) is 46.6 Å². The summed E-state index contributed by atoms with van der Waals surface area (Å²) in [6.45, 7) is 1.37. The number of nitrogens with one attached hydrogen (secondary N) is 1. The molecule has 2 heterocycles. The Kier molecular flexibility index (Phi) is 6.19. The van der Waals surface area contributed by atoms with Crippen LogP contribution in [0.4, 0.5) is 14.5 Å². The van der Waals surface area contributed by atoms with Gasteiger partial charge < -0.3 is 10.2 Å². The fraction of sp³-hybridized carbons (Fsp3) is 0.381. The fourth-order valence-electron chi connectivity index (χ4n) is 3.51. The highest BCUT2D eigenvalue weighted by atomic mass is 19.3. The standard InChI is InChI=1S/C21H22F2N4O3/c1-13-17(9-24-12-26-13)27-10-16(18(28)19(29)25-11-21(2,22)23)15(20(27)30)8-14-6-4-3-5-7-14/h3-7,9,12,15-16H,8,10-11H2,1-2H3,(H,25,29)/t15-,16+/m1/s1.